The molecule has 28 heavy (non-hydrogen) atoms. The van der Waals surface area contributed by atoms with Gasteiger partial charge in [-0.2, -0.15) is 0 Å². The van der Waals surface area contributed by atoms with Crippen LogP contribution in [0.3, 0.4) is 0 Å². The number of amides is 1. The number of esters is 1. The molecule has 4 rings (SSSR count). The van der Waals surface area contributed by atoms with Gasteiger partial charge in [-0.05, 0) is 36.2 Å². The largest absolute Gasteiger partial charge is 0.465 e. The van der Waals surface area contributed by atoms with Crippen LogP contribution in [0.5, 0.6) is 0 Å². The highest BCUT2D eigenvalue weighted by Crippen LogP contribution is 2.21. The first kappa shape index (κ1) is 18.4. The second kappa shape index (κ2) is 7.93. The normalized spacial score (nSPS) is 16.5. The molecule has 2 aliphatic rings. The number of morpholine rings is 1. The van der Waals surface area contributed by atoms with Gasteiger partial charge in [0, 0.05) is 31.4 Å². The highest BCUT2D eigenvalue weighted by atomic mass is 16.5. The minimum absolute atomic E-state index is 0.0754. The van der Waals surface area contributed by atoms with Gasteiger partial charge in [0.05, 0.1) is 38.1 Å². The average molecular weight is 382 g/mol. The molecule has 1 aromatic heterocycles. The summed E-state index contributed by atoms with van der Waals surface area (Å²) >= 11 is 0. The lowest BCUT2D eigenvalue weighted by molar-refractivity contribution is 0.0599. The lowest BCUT2D eigenvalue weighted by Gasteiger charge is -2.30. The Hall–Kier alpha value is -3.00. The predicted molar refractivity (Wildman–Crippen MR) is 101 cm³/mol. The Morgan fingerprint density at radius 3 is 2.50 bits per heavy atom. The van der Waals surface area contributed by atoms with Crippen LogP contribution in [0.1, 0.15) is 32.0 Å². The van der Waals surface area contributed by atoms with Crippen LogP contribution in [0.4, 0.5) is 5.95 Å². The lowest BCUT2D eigenvalue weighted by Crippen LogP contribution is -2.39. The number of nitrogens with zero attached hydrogens (tertiary/aromatic N) is 4. The Bertz CT molecular complexity index is 878. The van der Waals surface area contributed by atoms with Crippen molar-refractivity contribution < 1.29 is 19.1 Å². The van der Waals surface area contributed by atoms with E-state index in [9.17, 15) is 9.59 Å². The first-order chi connectivity index (χ1) is 13.7. The maximum absolute atomic E-state index is 12.9. The zero-order valence-corrected chi connectivity index (χ0v) is 15.8. The molecule has 1 saturated heterocycles. The number of hydrogen-bond acceptors (Lipinski definition) is 7. The molecule has 0 saturated carbocycles. The number of fused-ring (bicyclic) bond motifs is 1. The number of carbonyl (C=O) groups excluding carboxylic acids is 2. The summed E-state index contributed by atoms with van der Waals surface area (Å²) < 4.78 is 10.1. The molecule has 8 heteroatoms. The van der Waals surface area contributed by atoms with E-state index in [4.69, 9.17) is 14.5 Å². The van der Waals surface area contributed by atoms with Crippen LogP contribution in [-0.2, 0) is 22.4 Å². The smallest absolute Gasteiger partial charge is 0.337 e. The third-order valence-electron chi connectivity index (χ3n) is 5.07. The number of hydrogen-bond donors (Lipinski definition) is 0. The molecule has 0 N–H and O–H groups in total. The highest BCUT2D eigenvalue weighted by Gasteiger charge is 2.25. The molecule has 0 unspecified atom stereocenters. The molecule has 3 heterocycles. The topological polar surface area (TPSA) is 84.9 Å². The second-order valence-corrected chi connectivity index (χ2v) is 6.79. The van der Waals surface area contributed by atoms with E-state index in [0.717, 1.165) is 30.8 Å². The molecule has 0 spiro atoms. The van der Waals surface area contributed by atoms with E-state index in [0.29, 0.717) is 43.4 Å². The van der Waals surface area contributed by atoms with Crippen LogP contribution in [-0.4, -0.2) is 66.7 Å². The van der Waals surface area contributed by atoms with E-state index in [-0.39, 0.29) is 5.91 Å². The van der Waals surface area contributed by atoms with Crippen molar-refractivity contribution in [1.29, 1.82) is 0 Å². The van der Waals surface area contributed by atoms with Gasteiger partial charge in [0.1, 0.15) is 0 Å². The fraction of sp³-hybridized carbons (Fsp3) is 0.400. The number of rotatable bonds is 3. The van der Waals surface area contributed by atoms with Gasteiger partial charge in [0.2, 0.25) is 5.95 Å². The Morgan fingerprint density at radius 2 is 1.79 bits per heavy atom. The van der Waals surface area contributed by atoms with E-state index in [1.54, 1.807) is 29.2 Å². The van der Waals surface area contributed by atoms with Gasteiger partial charge in [-0.25, -0.2) is 14.8 Å². The van der Waals surface area contributed by atoms with Crippen molar-refractivity contribution in [2.75, 3.05) is 44.9 Å². The lowest BCUT2D eigenvalue weighted by atomic mass is 10.0. The monoisotopic (exact) mass is 382 g/mol. The Balaban J connectivity index is 1.49. The van der Waals surface area contributed by atoms with E-state index >= 15 is 0 Å². The van der Waals surface area contributed by atoms with Gasteiger partial charge in [-0.1, -0.05) is 0 Å². The van der Waals surface area contributed by atoms with Crippen LogP contribution in [0.25, 0.3) is 0 Å². The third-order valence-corrected chi connectivity index (χ3v) is 5.07. The fourth-order valence-corrected chi connectivity index (χ4v) is 3.43. The van der Waals surface area contributed by atoms with Crippen molar-refractivity contribution in [3.8, 4) is 0 Å². The molecular weight excluding hydrogens is 360 g/mol. The van der Waals surface area contributed by atoms with Crippen molar-refractivity contribution in [2.24, 2.45) is 0 Å². The summed E-state index contributed by atoms with van der Waals surface area (Å²) in [5.74, 6) is 0.200. The zero-order chi connectivity index (χ0) is 19.5. The summed E-state index contributed by atoms with van der Waals surface area (Å²) in [6.45, 7) is 3.96. The highest BCUT2D eigenvalue weighted by molar-refractivity contribution is 5.96. The van der Waals surface area contributed by atoms with Gasteiger partial charge >= 0.3 is 5.97 Å². The van der Waals surface area contributed by atoms with Crippen molar-refractivity contribution >= 4 is 17.8 Å². The molecule has 0 radical (unpaired) electrons. The SMILES string of the molecule is COC(=O)c1ccc(C(=O)N2CCc3cnc(N4CCOCC4)nc3C2)cc1. The number of anilines is 1. The van der Waals surface area contributed by atoms with Crippen LogP contribution < -0.4 is 4.90 Å². The predicted octanol–water partition coefficient (Wildman–Crippen LogP) is 1.30. The first-order valence-electron chi connectivity index (χ1n) is 9.31. The van der Waals surface area contributed by atoms with Crippen LogP contribution in [0.15, 0.2) is 30.5 Å². The molecule has 1 fully saturated rings. The Morgan fingerprint density at radius 1 is 1.07 bits per heavy atom. The first-order valence-corrected chi connectivity index (χ1v) is 9.31. The number of benzene rings is 1. The summed E-state index contributed by atoms with van der Waals surface area (Å²) in [4.78, 5) is 37.5. The molecule has 0 atom stereocenters. The third kappa shape index (κ3) is 3.68. The minimum atomic E-state index is -0.418. The van der Waals surface area contributed by atoms with Gasteiger partial charge in [-0.3, -0.25) is 4.79 Å². The molecule has 146 valence electrons. The van der Waals surface area contributed by atoms with Crippen molar-refractivity contribution in [1.82, 2.24) is 14.9 Å². The number of ether oxygens (including phenoxy) is 2. The van der Waals surface area contributed by atoms with Gasteiger partial charge in [-0.15, -0.1) is 0 Å². The minimum Gasteiger partial charge on any atom is -0.465 e. The summed E-state index contributed by atoms with van der Waals surface area (Å²) in [6, 6.07) is 6.53. The Kier molecular flexibility index (Phi) is 5.21. The van der Waals surface area contributed by atoms with Crippen LogP contribution in [0.2, 0.25) is 0 Å². The average Bonchev–Trinajstić information content (AvgIpc) is 2.78. The summed E-state index contributed by atoms with van der Waals surface area (Å²) in [5.41, 5.74) is 2.94. The van der Waals surface area contributed by atoms with Crippen LogP contribution in [0, 0.1) is 0 Å². The number of carbonyl (C=O) groups is 2. The zero-order valence-electron chi connectivity index (χ0n) is 15.8. The van der Waals surface area contributed by atoms with Gasteiger partial charge in [0.15, 0.2) is 0 Å². The molecule has 1 amide bonds. The quantitative estimate of drug-likeness (QED) is 0.740. The fourth-order valence-electron chi connectivity index (χ4n) is 3.43. The summed E-state index contributed by atoms with van der Waals surface area (Å²) in [6.07, 6.45) is 2.60. The molecule has 8 nitrogen and oxygen atoms in total. The van der Waals surface area contributed by atoms with Crippen LogP contribution >= 0.6 is 0 Å². The van der Waals surface area contributed by atoms with E-state index in [2.05, 4.69) is 9.88 Å². The van der Waals surface area contributed by atoms with Crippen molar-refractivity contribution in [3.05, 3.63) is 52.8 Å². The Labute approximate surface area is 163 Å². The molecule has 0 aliphatic carbocycles. The molecule has 2 aromatic rings. The number of methoxy groups -OCH3 is 1. The molecule has 0 bridgehead atoms. The summed E-state index contributed by atoms with van der Waals surface area (Å²) in [7, 11) is 1.33. The van der Waals surface area contributed by atoms with E-state index in [1.165, 1.54) is 7.11 Å². The maximum atomic E-state index is 12.9. The maximum Gasteiger partial charge on any atom is 0.337 e. The van der Waals surface area contributed by atoms with Crippen molar-refractivity contribution in [3.63, 3.8) is 0 Å². The molecule has 1 aromatic carbocycles. The standard InChI is InChI=1S/C20H22N4O4/c1-27-19(26)15-4-2-14(3-5-15)18(25)24-7-6-16-12-21-20(22-17(16)13-24)23-8-10-28-11-9-23/h2-5,12H,6-11,13H2,1H3. The summed E-state index contributed by atoms with van der Waals surface area (Å²) in [5, 5.41) is 0. The molecular formula is C20H22N4O4. The second-order valence-electron chi connectivity index (χ2n) is 6.79. The van der Waals surface area contributed by atoms with E-state index in [1.807, 2.05) is 6.20 Å². The van der Waals surface area contributed by atoms with E-state index < -0.39 is 5.97 Å². The van der Waals surface area contributed by atoms with Gasteiger partial charge in [0.25, 0.3) is 5.91 Å². The van der Waals surface area contributed by atoms with Gasteiger partial charge < -0.3 is 19.3 Å². The number of aromatic nitrogens is 2. The van der Waals surface area contributed by atoms with Crippen molar-refractivity contribution in [2.45, 2.75) is 13.0 Å². The molecule has 2 aliphatic heterocycles.